The van der Waals surface area contributed by atoms with Crippen LogP contribution in [0.4, 0.5) is 0 Å². The van der Waals surface area contributed by atoms with E-state index in [1.54, 1.807) is 18.3 Å². The normalized spacial score (nSPS) is 10.8. The fourth-order valence-electron chi connectivity index (χ4n) is 1.77. The van der Waals surface area contributed by atoms with E-state index in [1.807, 2.05) is 10.8 Å². The summed E-state index contributed by atoms with van der Waals surface area (Å²) in [5, 5.41) is 8.79. The summed E-state index contributed by atoms with van der Waals surface area (Å²) in [5.74, 6) is 0.386. The Bertz CT molecular complexity index is 544. The average Bonchev–Trinajstić information content (AvgIpc) is 2.78. The quantitative estimate of drug-likeness (QED) is 0.896. The molecule has 0 unspecified atom stereocenters. The zero-order valence-electron chi connectivity index (χ0n) is 10.4. The van der Waals surface area contributed by atoms with Crippen LogP contribution in [-0.4, -0.2) is 25.6 Å². The van der Waals surface area contributed by atoms with Crippen LogP contribution in [0.15, 0.2) is 30.7 Å². The van der Waals surface area contributed by atoms with Gasteiger partial charge in [0.2, 0.25) is 0 Å². The van der Waals surface area contributed by atoms with E-state index in [0.717, 1.165) is 11.5 Å². The zero-order valence-corrected chi connectivity index (χ0v) is 10.4. The molecule has 0 bridgehead atoms. The van der Waals surface area contributed by atoms with E-state index in [9.17, 15) is 4.79 Å². The molecule has 2 aromatic rings. The molecule has 0 atom stereocenters. The van der Waals surface area contributed by atoms with Gasteiger partial charge in [-0.05, 0) is 12.1 Å². The molecule has 0 spiro atoms. The molecule has 2 aromatic heterocycles. The molecular weight excluding hydrogens is 230 g/mol. The van der Waals surface area contributed by atoms with Gasteiger partial charge < -0.3 is 9.67 Å². The number of rotatable bonds is 4. The zero-order chi connectivity index (χ0) is 13.1. The van der Waals surface area contributed by atoms with Crippen molar-refractivity contribution in [1.82, 2.24) is 14.5 Å². The van der Waals surface area contributed by atoms with Crippen LogP contribution in [0.2, 0.25) is 0 Å². The maximum Gasteiger partial charge on any atom is 0.337 e. The van der Waals surface area contributed by atoms with Gasteiger partial charge >= 0.3 is 5.97 Å². The molecular formula is C13H15N3O2. The highest BCUT2D eigenvalue weighted by Crippen LogP contribution is 2.13. The minimum absolute atomic E-state index is 0.202. The van der Waals surface area contributed by atoms with Gasteiger partial charge in [0.25, 0.3) is 0 Å². The van der Waals surface area contributed by atoms with E-state index >= 15 is 0 Å². The summed E-state index contributed by atoms with van der Waals surface area (Å²) in [6.07, 6.45) is 5.05. The molecule has 0 fully saturated rings. The Labute approximate surface area is 105 Å². The van der Waals surface area contributed by atoms with E-state index in [0.29, 0.717) is 12.5 Å². The maximum atomic E-state index is 10.7. The van der Waals surface area contributed by atoms with Crippen molar-refractivity contribution in [2.45, 2.75) is 26.3 Å². The van der Waals surface area contributed by atoms with E-state index in [2.05, 4.69) is 23.8 Å². The van der Waals surface area contributed by atoms with Gasteiger partial charge in [0.1, 0.15) is 5.82 Å². The molecule has 0 saturated heterocycles. The van der Waals surface area contributed by atoms with E-state index in [-0.39, 0.29) is 5.56 Å². The summed E-state index contributed by atoms with van der Waals surface area (Å²) in [5.41, 5.74) is 1.02. The summed E-state index contributed by atoms with van der Waals surface area (Å²) in [6.45, 7) is 4.77. The molecule has 0 aliphatic heterocycles. The van der Waals surface area contributed by atoms with Crippen LogP contribution in [-0.2, 0) is 6.54 Å². The number of nitrogens with zero attached hydrogens (tertiary/aromatic N) is 3. The van der Waals surface area contributed by atoms with Crippen LogP contribution in [0.25, 0.3) is 0 Å². The van der Waals surface area contributed by atoms with Crippen molar-refractivity contribution >= 4 is 5.97 Å². The van der Waals surface area contributed by atoms with Crippen LogP contribution < -0.4 is 0 Å². The number of carboxylic acids is 1. The highest BCUT2D eigenvalue weighted by molar-refractivity contribution is 5.87. The molecule has 0 aromatic carbocycles. The largest absolute Gasteiger partial charge is 0.478 e. The third-order valence-electron chi connectivity index (χ3n) is 2.67. The van der Waals surface area contributed by atoms with E-state index in [4.69, 9.17) is 5.11 Å². The second kappa shape index (κ2) is 5.00. The Balaban J connectivity index is 2.18. The number of hydrogen-bond donors (Lipinski definition) is 1. The van der Waals surface area contributed by atoms with Crippen molar-refractivity contribution < 1.29 is 9.90 Å². The first-order valence-corrected chi connectivity index (χ1v) is 5.77. The number of aromatic nitrogens is 3. The van der Waals surface area contributed by atoms with E-state index in [1.165, 1.54) is 6.20 Å². The Morgan fingerprint density at radius 2 is 2.17 bits per heavy atom. The summed E-state index contributed by atoms with van der Waals surface area (Å²) < 4.78 is 2.02. The molecule has 5 nitrogen and oxygen atoms in total. The standard InChI is InChI=1S/C13H15N3O2/c1-9(2)12-14-5-6-16(12)8-11-4-3-10(7-15-11)13(17)18/h3-7,9H,8H2,1-2H3,(H,17,18). The minimum atomic E-state index is -0.959. The number of hydrogen-bond acceptors (Lipinski definition) is 3. The molecule has 18 heavy (non-hydrogen) atoms. The van der Waals surface area contributed by atoms with Crippen molar-refractivity contribution in [3.63, 3.8) is 0 Å². The first-order chi connectivity index (χ1) is 8.58. The fraction of sp³-hybridized carbons (Fsp3) is 0.308. The molecule has 2 rings (SSSR count). The second-order valence-corrected chi connectivity index (χ2v) is 4.41. The number of carboxylic acid groups (broad SMARTS) is 1. The number of pyridine rings is 1. The smallest absolute Gasteiger partial charge is 0.337 e. The van der Waals surface area contributed by atoms with Crippen molar-refractivity contribution in [3.05, 3.63) is 47.8 Å². The molecule has 0 saturated carbocycles. The lowest BCUT2D eigenvalue weighted by Gasteiger charge is -2.09. The van der Waals surface area contributed by atoms with Gasteiger partial charge in [-0.15, -0.1) is 0 Å². The van der Waals surface area contributed by atoms with Gasteiger partial charge in [0.05, 0.1) is 17.8 Å². The highest BCUT2D eigenvalue weighted by Gasteiger charge is 2.08. The second-order valence-electron chi connectivity index (χ2n) is 4.41. The van der Waals surface area contributed by atoms with Crippen LogP contribution >= 0.6 is 0 Å². The van der Waals surface area contributed by atoms with Crippen molar-refractivity contribution in [1.29, 1.82) is 0 Å². The predicted octanol–water partition coefficient (Wildman–Crippen LogP) is 2.15. The number of aromatic carboxylic acids is 1. The van der Waals surface area contributed by atoms with Crippen molar-refractivity contribution in [3.8, 4) is 0 Å². The number of carbonyl (C=O) groups is 1. The predicted molar refractivity (Wildman–Crippen MR) is 66.6 cm³/mol. The Morgan fingerprint density at radius 1 is 1.39 bits per heavy atom. The molecule has 0 aliphatic carbocycles. The molecule has 0 aliphatic rings. The molecule has 94 valence electrons. The van der Waals surface area contributed by atoms with Gasteiger partial charge in [-0.2, -0.15) is 0 Å². The monoisotopic (exact) mass is 245 g/mol. The third-order valence-corrected chi connectivity index (χ3v) is 2.67. The van der Waals surface area contributed by atoms with Gasteiger partial charge in [-0.25, -0.2) is 9.78 Å². The first kappa shape index (κ1) is 12.3. The summed E-state index contributed by atoms with van der Waals surface area (Å²) >= 11 is 0. The molecule has 0 amide bonds. The maximum absolute atomic E-state index is 10.7. The lowest BCUT2D eigenvalue weighted by Crippen LogP contribution is -2.07. The van der Waals surface area contributed by atoms with Crippen molar-refractivity contribution in [2.75, 3.05) is 0 Å². The fourth-order valence-corrected chi connectivity index (χ4v) is 1.77. The van der Waals surface area contributed by atoms with E-state index < -0.39 is 5.97 Å². The summed E-state index contributed by atoms with van der Waals surface area (Å²) in [6, 6.07) is 3.30. The third kappa shape index (κ3) is 2.56. The molecule has 1 N–H and O–H groups in total. The first-order valence-electron chi connectivity index (χ1n) is 5.77. The van der Waals surface area contributed by atoms with Crippen molar-refractivity contribution in [2.24, 2.45) is 0 Å². The lowest BCUT2D eigenvalue weighted by molar-refractivity contribution is 0.0696. The Kier molecular flexibility index (Phi) is 3.41. The topological polar surface area (TPSA) is 68.0 Å². The molecule has 5 heteroatoms. The minimum Gasteiger partial charge on any atom is -0.478 e. The summed E-state index contributed by atoms with van der Waals surface area (Å²) in [7, 11) is 0. The average molecular weight is 245 g/mol. The van der Waals surface area contributed by atoms with Gasteiger partial charge in [-0.1, -0.05) is 13.8 Å². The Hall–Kier alpha value is -2.17. The van der Waals surface area contributed by atoms with Gasteiger partial charge in [0, 0.05) is 24.5 Å². The van der Waals surface area contributed by atoms with Crippen LogP contribution in [0, 0.1) is 0 Å². The molecule has 2 heterocycles. The van der Waals surface area contributed by atoms with Crippen LogP contribution in [0.3, 0.4) is 0 Å². The number of imidazole rings is 1. The molecule has 0 radical (unpaired) electrons. The van der Waals surface area contributed by atoms with Gasteiger partial charge in [-0.3, -0.25) is 4.98 Å². The summed E-state index contributed by atoms with van der Waals surface area (Å²) in [4.78, 5) is 19.2. The van der Waals surface area contributed by atoms with Crippen LogP contribution in [0.5, 0.6) is 0 Å². The van der Waals surface area contributed by atoms with Gasteiger partial charge in [0.15, 0.2) is 0 Å². The Morgan fingerprint density at radius 3 is 2.72 bits per heavy atom. The van der Waals surface area contributed by atoms with Crippen LogP contribution in [0.1, 0.15) is 41.6 Å². The SMILES string of the molecule is CC(C)c1nccn1Cc1ccc(C(=O)O)cn1. The highest BCUT2D eigenvalue weighted by atomic mass is 16.4. The lowest BCUT2D eigenvalue weighted by atomic mass is 10.2.